The van der Waals surface area contributed by atoms with Gasteiger partial charge in [-0.1, -0.05) is 53.4 Å². The van der Waals surface area contributed by atoms with Crippen molar-refractivity contribution in [1.82, 2.24) is 5.43 Å². The summed E-state index contributed by atoms with van der Waals surface area (Å²) in [6.07, 6.45) is 5.13. The molecule has 0 spiro atoms. The summed E-state index contributed by atoms with van der Waals surface area (Å²) in [6.45, 7) is 2.33. The molecule has 1 aliphatic carbocycles. The molecule has 3 atom stereocenters. The zero-order valence-corrected chi connectivity index (χ0v) is 13.0. The first-order chi connectivity index (χ1) is 8.61. The monoisotopic (exact) mass is 330 g/mol. The van der Waals surface area contributed by atoms with Crippen LogP contribution in [-0.4, -0.2) is 0 Å². The minimum Gasteiger partial charge on any atom is -0.271 e. The van der Waals surface area contributed by atoms with Crippen molar-refractivity contribution in [2.75, 3.05) is 0 Å². The molecule has 0 bridgehead atoms. The summed E-state index contributed by atoms with van der Waals surface area (Å²) in [5.41, 5.74) is 4.21. The molecule has 18 heavy (non-hydrogen) atoms. The van der Waals surface area contributed by atoms with Crippen molar-refractivity contribution in [3.05, 3.63) is 33.3 Å². The van der Waals surface area contributed by atoms with Crippen LogP contribution < -0.4 is 11.3 Å². The maximum Gasteiger partial charge on any atom is 0.0499 e. The van der Waals surface area contributed by atoms with Crippen molar-refractivity contribution in [1.29, 1.82) is 0 Å². The maximum atomic E-state index is 5.99. The molecule has 0 saturated heterocycles. The molecule has 1 aliphatic rings. The normalized spacial score (nSPS) is 26.0. The Hall–Kier alpha value is -0.0900. The summed E-state index contributed by atoms with van der Waals surface area (Å²) < 4.78 is 1.04. The Balaban J connectivity index is 2.21. The Labute approximate surface area is 122 Å². The fourth-order valence-electron chi connectivity index (χ4n) is 3.02. The largest absolute Gasteiger partial charge is 0.271 e. The van der Waals surface area contributed by atoms with Crippen LogP contribution in [0.5, 0.6) is 0 Å². The first-order valence-corrected chi connectivity index (χ1v) is 7.70. The van der Waals surface area contributed by atoms with Crippen molar-refractivity contribution in [2.24, 2.45) is 17.7 Å². The van der Waals surface area contributed by atoms with Gasteiger partial charge in [0.05, 0.1) is 0 Å². The molecule has 2 rings (SSSR count). The van der Waals surface area contributed by atoms with E-state index < -0.39 is 0 Å². The van der Waals surface area contributed by atoms with Crippen LogP contribution in [0.25, 0.3) is 0 Å². The highest BCUT2D eigenvalue weighted by molar-refractivity contribution is 9.10. The van der Waals surface area contributed by atoms with E-state index in [1.165, 1.54) is 31.2 Å². The first-order valence-electron chi connectivity index (χ1n) is 6.53. The molecule has 0 amide bonds. The van der Waals surface area contributed by atoms with Gasteiger partial charge in [0.2, 0.25) is 0 Å². The molecule has 2 nitrogen and oxygen atoms in total. The highest BCUT2D eigenvalue weighted by Gasteiger charge is 2.28. The summed E-state index contributed by atoms with van der Waals surface area (Å²) in [5, 5.41) is 0.749. The molecule has 1 saturated carbocycles. The fourth-order valence-corrected chi connectivity index (χ4v) is 3.95. The molecule has 3 unspecified atom stereocenters. The molecule has 0 radical (unpaired) electrons. The summed E-state index contributed by atoms with van der Waals surface area (Å²) in [7, 11) is 0. The number of nitrogens with two attached hydrogens (primary N) is 1. The zero-order chi connectivity index (χ0) is 13.1. The van der Waals surface area contributed by atoms with E-state index in [0.29, 0.717) is 5.92 Å². The number of hydrogen-bond donors (Lipinski definition) is 2. The number of hydrazine groups is 1. The number of hydrogen-bond acceptors (Lipinski definition) is 2. The van der Waals surface area contributed by atoms with Crippen LogP contribution in [0.3, 0.4) is 0 Å². The van der Waals surface area contributed by atoms with E-state index in [2.05, 4.69) is 34.3 Å². The SMILES string of the molecule is CC1CCCC(C(NN)c2ccc(Cl)cc2Br)C1. The third-order valence-electron chi connectivity index (χ3n) is 3.93. The number of rotatable bonds is 3. The van der Waals surface area contributed by atoms with Gasteiger partial charge in [0.15, 0.2) is 0 Å². The van der Waals surface area contributed by atoms with E-state index >= 15 is 0 Å². The van der Waals surface area contributed by atoms with Gasteiger partial charge in [-0.2, -0.15) is 0 Å². The summed E-state index contributed by atoms with van der Waals surface area (Å²) in [4.78, 5) is 0. The van der Waals surface area contributed by atoms with E-state index in [9.17, 15) is 0 Å². The van der Waals surface area contributed by atoms with E-state index in [1.54, 1.807) is 0 Å². The highest BCUT2D eigenvalue weighted by atomic mass is 79.9. The van der Waals surface area contributed by atoms with Crippen LogP contribution in [0.15, 0.2) is 22.7 Å². The maximum absolute atomic E-state index is 5.99. The van der Waals surface area contributed by atoms with Crippen LogP contribution in [0.4, 0.5) is 0 Å². The van der Waals surface area contributed by atoms with E-state index in [-0.39, 0.29) is 6.04 Å². The van der Waals surface area contributed by atoms with Gasteiger partial charge in [-0.25, -0.2) is 0 Å². The summed E-state index contributed by atoms with van der Waals surface area (Å²) >= 11 is 9.58. The molecule has 1 aromatic carbocycles. The minimum atomic E-state index is 0.208. The van der Waals surface area contributed by atoms with Gasteiger partial charge in [-0.05, 0) is 42.4 Å². The van der Waals surface area contributed by atoms with E-state index in [0.717, 1.165) is 15.4 Å². The minimum absolute atomic E-state index is 0.208. The topological polar surface area (TPSA) is 38.0 Å². The molecule has 0 aromatic heterocycles. The van der Waals surface area contributed by atoms with Gasteiger partial charge >= 0.3 is 0 Å². The van der Waals surface area contributed by atoms with Crippen LogP contribution in [0.2, 0.25) is 5.02 Å². The molecule has 0 heterocycles. The standard InChI is InChI=1S/C14H20BrClN2/c1-9-3-2-4-10(7-9)14(18-17)12-6-5-11(16)8-13(12)15/h5-6,8-10,14,18H,2-4,7,17H2,1H3. The predicted molar refractivity (Wildman–Crippen MR) is 80.3 cm³/mol. The Kier molecular flexibility index (Phi) is 5.07. The smallest absolute Gasteiger partial charge is 0.0499 e. The molecular weight excluding hydrogens is 312 g/mol. The molecule has 3 N–H and O–H groups in total. The van der Waals surface area contributed by atoms with E-state index in [4.69, 9.17) is 17.4 Å². The van der Waals surface area contributed by atoms with Gasteiger partial charge in [0.25, 0.3) is 0 Å². The Morgan fingerprint density at radius 3 is 2.83 bits per heavy atom. The Bertz CT molecular complexity index is 411. The van der Waals surface area contributed by atoms with Crippen LogP contribution in [-0.2, 0) is 0 Å². The fraction of sp³-hybridized carbons (Fsp3) is 0.571. The van der Waals surface area contributed by atoms with Crippen LogP contribution in [0, 0.1) is 11.8 Å². The van der Waals surface area contributed by atoms with Gasteiger partial charge in [-0.15, -0.1) is 0 Å². The van der Waals surface area contributed by atoms with Gasteiger partial charge in [0, 0.05) is 15.5 Å². The van der Waals surface area contributed by atoms with E-state index in [1.807, 2.05) is 12.1 Å². The lowest BCUT2D eigenvalue weighted by molar-refractivity contribution is 0.224. The molecular formula is C14H20BrClN2. The average molecular weight is 332 g/mol. The number of halogens is 2. The third-order valence-corrected chi connectivity index (χ3v) is 4.85. The molecule has 0 aliphatic heterocycles. The average Bonchev–Trinajstić information content (AvgIpc) is 2.33. The van der Waals surface area contributed by atoms with Gasteiger partial charge in [0.1, 0.15) is 0 Å². The lowest BCUT2D eigenvalue weighted by atomic mass is 9.77. The van der Waals surface area contributed by atoms with Gasteiger partial charge in [-0.3, -0.25) is 11.3 Å². The molecule has 1 aromatic rings. The van der Waals surface area contributed by atoms with Gasteiger partial charge < -0.3 is 0 Å². The van der Waals surface area contributed by atoms with Crippen LogP contribution in [0.1, 0.15) is 44.2 Å². The molecule has 100 valence electrons. The lowest BCUT2D eigenvalue weighted by Gasteiger charge is -2.33. The van der Waals surface area contributed by atoms with Crippen molar-refractivity contribution in [2.45, 2.75) is 38.6 Å². The highest BCUT2D eigenvalue weighted by Crippen LogP contribution is 2.39. The Morgan fingerprint density at radius 1 is 1.44 bits per heavy atom. The second-order valence-electron chi connectivity index (χ2n) is 5.34. The first kappa shape index (κ1) is 14.3. The summed E-state index contributed by atoms with van der Waals surface area (Å²) in [5.74, 6) is 7.19. The lowest BCUT2D eigenvalue weighted by Crippen LogP contribution is -2.35. The number of benzene rings is 1. The van der Waals surface area contributed by atoms with Crippen molar-refractivity contribution in [3.63, 3.8) is 0 Å². The summed E-state index contributed by atoms with van der Waals surface area (Å²) in [6, 6.07) is 6.14. The quantitative estimate of drug-likeness (QED) is 0.635. The second-order valence-corrected chi connectivity index (χ2v) is 6.63. The molecule has 1 fully saturated rings. The third kappa shape index (κ3) is 3.27. The zero-order valence-electron chi connectivity index (χ0n) is 10.6. The van der Waals surface area contributed by atoms with Crippen molar-refractivity contribution >= 4 is 27.5 Å². The van der Waals surface area contributed by atoms with Crippen LogP contribution >= 0.6 is 27.5 Å². The second kappa shape index (κ2) is 6.38. The van der Waals surface area contributed by atoms with Crippen molar-refractivity contribution < 1.29 is 0 Å². The van der Waals surface area contributed by atoms with Crippen molar-refractivity contribution in [3.8, 4) is 0 Å². The Morgan fingerprint density at radius 2 is 2.22 bits per heavy atom. The molecule has 4 heteroatoms. The predicted octanol–water partition coefficient (Wildman–Crippen LogP) is 4.43. The number of nitrogens with one attached hydrogen (secondary N) is 1.